The number of anilines is 2. The number of benzene rings is 6. The van der Waals surface area contributed by atoms with E-state index in [4.69, 9.17) is 66.0 Å². The fourth-order valence-corrected chi connectivity index (χ4v) is 10.9. The van der Waals surface area contributed by atoms with Crippen LogP contribution in [0.1, 0.15) is 78.6 Å². The van der Waals surface area contributed by atoms with Crippen LogP contribution in [0.5, 0.6) is 46.0 Å². The van der Waals surface area contributed by atoms with Crippen LogP contribution in [0.2, 0.25) is 0 Å². The quantitative estimate of drug-likeness (QED) is 0.0681. The Labute approximate surface area is 475 Å². The summed E-state index contributed by atoms with van der Waals surface area (Å²) in [5.41, 5.74) is 6.41. The molecule has 2 aliphatic heterocycles. The van der Waals surface area contributed by atoms with Crippen molar-refractivity contribution in [2.45, 2.75) is 52.1 Å². The molecule has 81 heavy (non-hydrogen) atoms. The van der Waals surface area contributed by atoms with Gasteiger partial charge in [-0.15, -0.1) is 23.2 Å². The molecular formula is C59H60Cl2N6O14. The lowest BCUT2D eigenvalue weighted by Crippen LogP contribution is -2.42. The van der Waals surface area contributed by atoms with E-state index in [2.05, 4.69) is 15.4 Å². The number of imide groups is 1. The second-order valence-corrected chi connectivity index (χ2v) is 20.6. The summed E-state index contributed by atoms with van der Waals surface area (Å²) in [6.07, 6.45) is -0.959. The molecular weight excluding hydrogens is 1090 g/mol. The van der Waals surface area contributed by atoms with Gasteiger partial charge in [0.2, 0.25) is 17.4 Å². The Bertz CT molecular complexity index is 3800. The van der Waals surface area contributed by atoms with Gasteiger partial charge in [0.1, 0.15) is 17.0 Å². The third-order valence-corrected chi connectivity index (χ3v) is 14.5. The summed E-state index contributed by atoms with van der Waals surface area (Å²) in [5.74, 6) is 1.97. The van der Waals surface area contributed by atoms with Crippen molar-refractivity contribution >= 4 is 108 Å². The predicted octanol–water partition coefficient (Wildman–Crippen LogP) is 11.2. The number of aromatic nitrogens is 2. The number of nitrogens with one attached hydrogen (secondary N) is 3. The number of rotatable bonds is 14. The summed E-state index contributed by atoms with van der Waals surface area (Å²) in [6.45, 7) is 8.33. The van der Waals surface area contributed by atoms with Crippen molar-refractivity contribution in [3.8, 4) is 46.0 Å². The number of H-pyrrole nitrogens is 2. The lowest BCUT2D eigenvalue weighted by molar-refractivity contribution is -0.150. The number of hydrogen-bond donors (Lipinski definition) is 3. The number of hydrogen-bond acceptors (Lipinski definition) is 14. The maximum absolute atomic E-state index is 14.2. The Hall–Kier alpha value is -8.75. The summed E-state index contributed by atoms with van der Waals surface area (Å²) in [7, 11) is 9.14. The van der Waals surface area contributed by atoms with Crippen LogP contribution in [0.3, 0.4) is 0 Å². The van der Waals surface area contributed by atoms with Gasteiger partial charge in [-0.05, 0) is 66.9 Å². The van der Waals surface area contributed by atoms with Gasteiger partial charge in [-0.2, -0.15) is 5.48 Å². The summed E-state index contributed by atoms with van der Waals surface area (Å²) >= 11 is 12.8. The standard InChI is InChI=1S/C32H34ClN3O8.C27H26ClN3O6/c1-17(37)36(31(39)43-32(2,3)4)44-24-14-23-26(21-11-9-8-10-20(21)24)19(15-33)16-35(23)30(38)22-12-18-13-25(40-5)28(41-6)29(42-7)27(18)34-22;1-14(32)30-37-21-11-20-23(18-8-6-5-7-17(18)21)16(12-28)13-31(20)27(33)19-9-15-10-22(34-2)25(35-3)26(36-4)24(15)29-19/h8-14,19,34H,15-16H2,1-7H3;5-11,16,29H,12-13H2,1-4H3,(H,30,32)/t19-;16-/m11/s1. The molecule has 0 saturated carbocycles. The molecule has 2 aromatic heterocycles. The fourth-order valence-electron chi connectivity index (χ4n) is 10.4. The van der Waals surface area contributed by atoms with E-state index in [0.29, 0.717) is 109 Å². The number of fused-ring (bicyclic) bond motifs is 8. The minimum absolute atomic E-state index is 0.0839. The van der Waals surface area contributed by atoms with Crippen molar-refractivity contribution < 1.29 is 66.8 Å². The lowest BCUT2D eigenvalue weighted by Gasteiger charge is -2.26. The molecule has 10 rings (SSSR count). The van der Waals surface area contributed by atoms with Crippen molar-refractivity contribution in [1.82, 2.24) is 20.5 Å². The smallest absolute Gasteiger partial charge is 0.451 e. The number of carbonyl (C=O) groups is 5. The number of halogens is 2. The van der Waals surface area contributed by atoms with Crippen LogP contribution in [0.15, 0.2) is 84.9 Å². The molecule has 20 nitrogen and oxygen atoms in total. The first-order valence-corrected chi connectivity index (χ1v) is 26.6. The van der Waals surface area contributed by atoms with Gasteiger partial charge in [-0.3, -0.25) is 19.2 Å². The molecule has 424 valence electrons. The van der Waals surface area contributed by atoms with Gasteiger partial charge in [0.25, 0.3) is 17.7 Å². The second kappa shape index (κ2) is 23.1. The Kier molecular flexibility index (Phi) is 16.3. The molecule has 3 N–H and O–H groups in total. The van der Waals surface area contributed by atoms with E-state index >= 15 is 0 Å². The molecule has 8 aromatic rings. The minimum atomic E-state index is -0.959. The van der Waals surface area contributed by atoms with Crippen LogP contribution >= 0.6 is 23.2 Å². The van der Waals surface area contributed by atoms with Gasteiger partial charge in [-0.25, -0.2) is 4.79 Å². The minimum Gasteiger partial charge on any atom is -0.493 e. The Balaban J connectivity index is 0.000000198. The molecule has 0 aliphatic carbocycles. The monoisotopic (exact) mass is 1150 g/mol. The number of nitrogens with zero attached hydrogens (tertiary/aromatic N) is 3. The lowest BCUT2D eigenvalue weighted by atomic mass is 9.95. The number of amides is 5. The van der Waals surface area contributed by atoms with Crippen molar-refractivity contribution in [2.24, 2.45) is 0 Å². The first-order chi connectivity index (χ1) is 38.8. The Morgan fingerprint density at radius 1 is 0.580 bits per heavy atom. The van der Waals surface area contributed by atoms with E-state index in [1.165, 1.54) is 49.4 Å². The Morgan fingerprint density at radius 2 is 1.00 bits per heavy atom. The second-order valence-electron chi connectivity index (χ2n) is 20.0. The largest absolute Gasteiger partial charge is 0.493 e. The fraction of sp³-hybridized carbons (Fsp3) is 0.305. The van der Waals surface area contributed by atoms with Gasteiger partial charge in [0.15, 0.2) is 34.5 Å². The third-order valence-electron chi connectivity index (χ3n) is 13.8. The van der Waals surface area contributed by atoms with E-state index in [1.807, 2.05) is 48.5 Å². The third kappa shape index (κ3) is 10.6. The molecule has 6 aromatic carbocycles. The summed E-state index contributed by atoms with van der Waals surface area (Å²) in [6, 6.07) is 25.5. The zero-order valence-electron chi connectivity index (χ0n) is 46.4. The molecule has 2 aliphatic rings. The van der Waals surface area contributed by atoms with Crippen molar-refractivity contribution in [2.75, 3.05) is 77.3 Å². The molecule has 0 unspecified atom stereocenters. The highest BCUT2D eigenvalue weighted by Crippen LogP contribution is 2.50. The molecule has 22 heteroatoms. The van der Waals surface area contributed by atoms with Gasteiger partial charge >= 0.3 is 6.09 Å². The van der Waals surface area contributed by atoms with Gasteiger partial charge in [-0.1, -0.05) is 53.6 Å². The SMILES string of the molecule is COc1cc2cc(C(=O)N3C[C@@H](CCl)c4c3cc(ON(C(C)=O)C(=O)OC(C)(C)C)c3ccccc43)[nH]c2c(OC)c1OC.COc1cc2cc(C(=O)N3C[C@@H](CCl)c4c3cc(ONC(C)=O)c3ccccc43)[nH]c2c(OC)c1OC. The number of hydroxylamine groups is 3. The summed E-state index contributed by atoms with van der Waals surface area (Å²) in [5, 5.41) is 5.14. The number of carbonyl (C=O) groups excluding carboxylic acids is 5. The van der Waals surface area contributed by atoms with Crippen molar-refractivity contribution in [1.29, 1.82) is 0 Å². The van der Waals surface area contributed by atoms with E-state index < -0.39 is 17.6 Å². The topological polar surface area (TPSA) is 222 Å². The number of alkyl halides is 2. The molecule has 0 bridgehead atoms. The molecule has 5 amide bonds. The van der Waals surface area contributed by atoms with Crippen LogP contribution in [0.25, 0.3) is 43.4 Å². The number of aromatic amines is 2. The van der Waals surface area contributed by atoms with Gasteiger partial charge < -0.3 is 62.6 Å². The zero-order chi connectivity index (χ0) is 58.2. The average Bonchev–Trinajstić information content (AvgIpc) is 4.27. The molecule has 0 fully saturated rings. The van der Waals surface area contributed by atoms with E-state index in [0.717, 1.165) is 32.7 Å². The van der Waals surface area contributed by atoms with Crippen LogP contribution in [0.4, 0.5) is 16.2 Å². The molecule has 2 atom stereocenters. The first-order valence-electron chi connectivity index (χ1n) is 25.5. The van der Waals surface area contributed by atoms with Gasteiger partial charge in [0, 0.05) is 84.2 Å². The van der Waals surface area contributed by atoms with Crippen molar-refractivity contribution in [3.63, 3.8) is 0 Å². The van der Waals surface area contributed by atoms with Gasteiger partial charge in [0.05, 0.1) is 65.1 Å². The average molecular weight is 1150 g/mol. The van der Waals surface area contributed by atoms with Crippen LogP contribution in [-0.4, -0.2) is 118 Å². The van der Waals surface area contributed by atoms with E-state index in [1.54, 1.807) is 74.1 Å². The normalized spacial score (nSPS) is 14.4. The maximum Gasteiger partial charge on any atom is 0.451 e. The first kappa shape index (κ1) is 57.0. The molecule has 0 spiro atoms. The number of methoxy groups -OCH3 is 6. The highest BCUT2D eigenvalue weighted by Gasteiger charge is 2.39. The maximum atomic E-state index is 14.2. The molecule has 0 radical (unpaired) electrons. The van der Waals surface area contributed by atoms with Crippen LogP contribution in [0, 0.1) is 0 Å². The van der Waals surface area contributed by atoms with Crippen LogP contribution in [-0.2, 0) is 14.3 Å². The highest BCUT2D eigenvalue weighted by molar-refractivity contribution is 6.20. The van der Waals surface area contributed by atoms with E-state index in [9.17, 15) is 24.0 Å². The zero-order valence-corrected chi connectivity index (χ0v) is 47.9. The van der Waals surface area contributed by atoms with Crippen molar-refractivity contribution in [3.05, 3.63) is 107 Å². The molecule has 0 saturated heterocycles. The summed E-state index contributed by atoms with van der Waals surface area (Å²) in [4.78, 5) is 86.2. The number of ether oxygens (including phenoxy) is 7. The van der Waals surface area contributed by atoms with E-state index in [-0.39, 0.29) is 41.2 Å². The summed E-state index contributed by atoms with van der Waals surface area (Å²) < 4.78 is 38.5. The highest BCUT2D eigenvalue weighted by atomic mass is 35.5. The predicted molar refractivity (Wildman–Crippen MR) is 308 cm³/mol. The Morgan fingerprint density at radius 3 is 1.38 bits per heavy atom. The molecule has 4 heterocycles. The van der Waals surface area contributed by atoms with Crippen LogP contribution < -0.4 is 53.4 Å².